The number of nitrogens with zero attached hydrogens (tertiary/aromatic N) is 2. The summed E-state index contributed by atoms with van der Waals surface area (Å²) < 4.78 is 5.23. The summed E-state index contributed by atoms with van der Waals surface area (Å²) in [7, 11) is 1.76. The average Bonchev–Trinajstić information content (AvgIpc) is 2.83. The second-order valence-corrected chi connectivity index (χ2v) is 5.69. The lowest BCUT2D eigenvalue weighted by molar-refractivity contribution is -0.138. The van der Waals surface area contributed by atoms with Crippen LogP contribution in [0.25, 0.3) is 0 Å². The number of aliphatic carboxylic acids is 1. The van der Waals surface area contributed by atoms with Gasteiger partial charge in [0.2, 0.25) is 0 Å². The Hall–Kier alpha value is -1.98. The van der Waals surface area contributed by atoms with E-state index in [2.05, 4.69) is 0 Å². The predicted molar refractivity (Wildman–Crippen MR) is 76.9 cm³/mol. The molecule has 0 radical (unpaired) electrons. The number of aryl methyl sites for hydroxylation is 1. The van der Waals surface area contributed by atoms with Crippen molar-refractivity contribution in [3.05, 3.63) is 23.7 Å². The van der Waals surface area contributed by atoms with Gasteiger partial charge in [0, 0.05) is 32.1 Å². The Bertz CT molecular complexity index is 512. The molecular formula is C15H22N2O4. The molecule has 2 heterocycles. The summed E-state index contributed by atoms with van der Waals surface area (Å²) in [4.78, 5) is 26.7. The molecule has 0 aliphatic carbocycles. The van der Waals surface area contributed by atoms with Crippen LogP contribution in [0.5, 0.6) is 0 Å². The van der Waals surface area contributed by atoms with E-state index in [1.165, 1.54) is 0 Å². The molecule has 116 valence electrons. The molecule has 1 aromatic rings. The van der Waals surface area contributed by atoms with Crippen LogP contribution in [-0.2, 0) is 11.3 Å². The quantitative estimate of drug-likeness (QED) is 0.925. The Morgan fingerprint density at radius 3 is 2.90 bits per heavy atom. The van der Waals surface area contributed by atoms with Crippen LogP contribution in [-0.4, -0.2) is 47.0 Å². The highest BCUT2D eigenvalue weighted by molar-refractivity contribution is 5.74. The number of furan rings is 1. The maximum Gasteiger partial charge on any atom is 0.320 e. The van der Waals surface area contributed by atoms with Crippen molar-refractivity contribution in [2.75, 3.05) is 20.1 Å². The summed E-state index contributed by atoms with van der Waals surface area (Å²) in [6.07, 6.45) is 3.49. The number of carbonyl (C=O) groups is 2. The highest BCUT2D eigenvalue weighted by Crippen LogP contribution is 2.21. The van der Waals surface area contributed by atoms with E-state index in [1.54, 1.807) is 23.1 Å². The van der Waals surface area contributed by atoms with Crippen molar-refractivity contribution in [3.8, 4) is 0 Å². The fourth-order valence-electron chi connectivity index (χ4n) is 2.79. The zero-order chi connectivity index (χ0) is 15.4. The molecule has 6 nitrogen and oxygen atoms in total. The maximum absolute atomic E-state index is 12.4. The number of hydrogen-bond acceptors (Lipinski definition) is 3. The molecule has 6 heteroatoms. The summed E-state index contributed by atoms with van der Waals surface area (Å²) >= 11 is 0. The third-order valence-corrected chi connectivity index (χ3v) is 3.95. The number of carboxylic acids is 1. The molecule has 2 amide bonds. The van der Waals surface area contributed by atoms with E-state index in [0.717, 1.165) is 24.2 Å². The second-order valence-electron chi connectivity index (χ2n) is 5.69. The van der Waals surface area contributed by atoms with Crippen LogP contribution in [0.1, 0.15) is 30.6 Å². The number of hydrogen-bond donors (Lipinski definition) is 1. The predicted octanol–water partition coefficient (Wildman–Crippen LogP) is 2.33. The lowest BCUT2D eigenvalue weighted by Crippen LogP contribution is -2.46. The highest BCUT2D eigenvalue weighted by Gasteiger charge is 2.27. The Balaban J connectivity index is 1.92. The summed E-state index contributed by atoms with van der Waals surface area (Å²) in [6.45, 7) is 3.60. The van der Waals surface area contributed by atoms with Crippen molar-refractivity contribution in [1.29, 1.82) is 0 Å². The van der Waals surface area contributed by atoms with Crippen LogP contribution in [0, 0.1) is 12.8 Å². The molecule has 2 rings (SSSR count). The molecule has 1 aliphatic rings. The maximum atomic E-state index is 12.4. The molecule has 1 aliphatic heterocycles. The van der Waals surface area contributed by atoms with Gasteiger partial charge in [-0.05, 0) is 31.7 Å². The molecule has 0 spiro atoms. The number of carboxylic acid groups (broad SMARTS) is 1. The molecule has 1 saturated heterocycles. The standard InChI is InChI=1S/C15H22N2O4/c1-11-13(5-7-21-11)10-16(2)15(20)17-6-3-4-12(9-17)8-14(18)19/h5,7,12H,3-4,6,8-10H2,1-2H3,(H,18,19). The first-order valence-electron chi connectivity index (χ1n) is 7.22. The number of urea groups is 1. The van der Waals surface area contributed by atoms with E-state index < -0.39 is 5.97 Å². The molecule has 21 heavy (non-hydrogen) atoms. The van der Waals surface area contributed by atoms with Crippen molar-refractivity contribution in [3.63, 3.8) is 0 Å². The van der Waals surface area contributed by atoms with Gasteiger partial charge in [-0.15, -0.1) is 0 Å². The topological polar surface area (TPSA) is 74.0 Å². The van der Waals surface area contributed by atoms with E-state index in [-0.39, 0.29) is 18.4 Å². The molecule has 1 atom stereocenters. The normalized spacial score (nSPS) is 18.6. The van der Waals surface area contributed by atoms with Gasteiger partial charge >= 0.3 is 12.0 Å². The number of piperidine rings is 1. The monoisotopic (exact) mass is 294 g/mol. The molecule has 1 unspecified atom stereocenters. The Kier molecular flexibility index (Phi) is 4.88. The Labute approximate surface area is 124 Å². The first kappa shape index (κ1) is 15.4. The Morgan fingerprint density at radius 1 is 1.52 bits per heavy atom. The fraction of sp³-hybridized carbons (Fsp3) is 0.600. The van der Waals surface area contributed by atoms with Gasteiger partial charge in [0.15, 0.2) is 0 Å². The minimum atomic E-state index is -0.795. The summed E-state index contributed by atoms with van der Waals surface area (Å²) in [5.74, 6) is 0.0815. The van der Waals surface area contributed by atoms with E-state index in [4.69, 9.17) is 9.52 Å². The molecule has 1 aromatic heterocycles. The SMILES string of the molecule is Cc1occc1CN(C)C(=O)N1CCCC(CC(=O)O)C1. The van der Waals surface area contributed by atoms with Crippen LogP contribution in [0.3, 0.4) is 0 Å². The second kappa shape index (κ2) is 6.65. The van der Waals surface area contributed by atoms with Crippen molar-refractivity contribution < 1.29 is 19.1 Å². The van der Waals surface area contributed by atoms with Gasteiger partial charge in [0.1, 0.15) is 5.76 Å². The largest absolute Gasteiger partial charge is 0.481 e. The summed E-state index contributed by atoms with van der Waals surface area (Å²) in [5.41, 5.74) is 0.991. The van der Waals surface area contributed by atoms with Gasteiger partial charge in [-0.2, -0.15) is 0 Å². The molecule has 1 fully saturated rings. The van der Waals surface area contributed by atoms with Crippen LogP contribution < -0.4 is 0 Å². The van der Waals surface area contributed by atoms with Gasteiger partial charge in [0.05, 0.1) is 12.8 Å². The van der Waals surface area contributed by atoms with Crippen LogP contribution >= 0.6 is 0 Å². The Morgan fingerprint density at radius 2 is 2.29 bits per heavy atom. The first-order chi connectivity index (χ1) is 9.97. The van der Waals surface area contributed by atoms with Crippen molar-refractivity contribution in [2.24, 2.45) is 5.92 Å². The van der Waals surface area contributed by atoms with E-state index in [0.29, 0.717) is 19.6 Å². The zero-order valence-corrected chi connectivity index (χ0v) is 12.5. The van der Waals surface area contributed by atoms with Crippen LogP contribution in [0.2, 0.25) is 0 Å². The summed E-state index contributed by atoms with van der Waals surface area (Å²) in [5, 5.41) is 8.88. The highest BCUT2D eigenvalue weighted by atomic mass is 16.4. The third-order valence-electron chi connectivity index (χ3n) is 3.95. The van der Waals surface area contributed by atoms with Gasteiger partial charge in [-0.1, -0.05) is 0 Å². The van der Waals surface area contributed by atoms with Gasteiger partial charge in [-0.25, -0.2) is 4.79 Å². The average molecular weight is 294 g/mol. The molecule has 0 bridgehead atoms. The lowest BCUT2D eigenvalue weighted by atomic mass is 9.95. The van der Waals surface area contributed by atoms with E-state index in [9.17, 15) is 9.59 Å². The number of rotatable bonds is 4. The van der Waals surface area contributed by atoms with Crippen LogP contribution in [0.4, 0.5) is 4.79 Å². The number of carbonyl (C=O) groups excluding carboxylic acids is 1. The third kappa shape index (κ3) is 4.00. The van der Waals surface area contributed by atoms with Gasteiger partial charge in [-0.3, -0.25) is 4.79 Å². The number of amides is 2. The van der Waals surface area contributed by atoms with Crippen molar-refractivity contribution in [2.45, 2.75) is 32.7 Å². The lowest BCUT2D eigenvalue weighted by Gasteiger charge is -2.34. The molecule has 1 N–H and O–H groups in total. The van der Waals surface area contributed by atoms with E-state index >= 15 is 0 Å². The number of likely N-dealkylation sites (tertiary alicyclic amines) is 1. The fourth-order valence-corrected chi connectivity index (χ4v) is 2.79. The van der Waals surface area contributed by atoms with Gasteiger partial charge in [0.25, 0.3) is 0 Å². The van der Waals surface area contributed by atoms with Crippen LogP contribution in [0.15, 0.2) is 16.7 Å². The first-order valence-corrected chi connectivity index (χ1v) is 7.22. The molecule has 0 aromatic carbocycles. The van der Waals surface area contributed by atoms with E-state index in [1.807, 2.05) is 13.0 Å². The minimum Gasteiger partial charge on any atom is -0.481 e. The summed E-state index contributed by atoms with van der Waals surface area (Å²) in [6, 6.07) is 1.81. The zero-order valence-electron chi connectivity index (χ0n) is 12.5. The van der Waals surface area contributed by atoms with Crippen molar-refractivity contribution >= 4 is 12.0 Å². The molecular weight excluding hydrogens is 272 g/mol. The molecule has 0 saturated carbocycles. The van der Waals surface area contributed by atoms with Gasteiger partial charge < -0.3 is 19.3 Å². The van der Waals surface area contributed by atoms with Crippen molar-refractivity contribution in [1.82, 2.24) is 9.80 Å². The minimum absolute atomic E-state index is 0.0503. The smallest absolute Gasteiger partial charge is 0.320 e.